The van der Waals surface area contributed by atoms with Crippen LogP contribution in [0.4, 0.5) is 5.00 Å². The standard InChI is InChI=1S/C18H24N2O2S/c1-4-11-22-14-9-7-13(8-10-14)15-12-23-17(19)16(15)18(21)20(5-2)6-3/h7-10,12H,4-6,11,19H2,1-3H3. The lowest BCUT2D eigenvalue weighted by molar-refractivity contribution is 0.0775. The summed E-state index contributed by atoms with van der Waals surface area (Å²) in [6.07, 6.45) is 0.978. The highest BCUT2D eigenvalue weighted by Crippen LogP contribution is 2.35. The molecule has 0 aliphatic rings. The molecule has 0 atom stereocenters. The van der Waals surface area contributed by atoms with Gasteiger partial charge in [0.05, 0.1) is 17.2 Å². The van der Waals surface area contributed by atoms with Crippen LogP contribution in [0.25, 0.3) is 11.1 Å². The molecule has 2 N–H and O–H groups in total. The average Bonchev–Trinajstić information content (AvgIpc) is 2.96. The van der Waals surface area contributed by atoms with Crippen molar-refractivity contribution in [2.75, 3.05) is 25.4 Å². The van der Waals surface area contributed by atoms with Crippen LogP contribution in [0.2, 0.25) is 0 Å². The quantitative estimate of drug-likeness (QED) is 0.824. The van der Waals surface area contributed by atoms with Gasteiger partial charge in [-0.3, -0.25) is 4.79 Å². The van der Waals surface area contributed by atoms with Crippen LogP contribution < -0.4 is 10.5 Å². The molecular formula is C18H24N2O2S. The highest BCUT2D eigenvalue weighted by molar-refractivity contribution is 7.15. The first kappa shape index (κ1) is 17.3. The largest absolute Gasteiger partial charge is 0.494 e. The number of hydrogen-bond acceptors (Lipinski definition) is 4. The maximum atomic E-state index is 12.7. The van der Waals surface area contributed by atoms with Crippen molar-refractivity contribution in [2.45, 2.75) is 27.2 Å². The number of nitrogens with zero attached hydrogens (tertiary/aromatic N) is 1. The predicted molar refractivity (Wildman–Crippen MR) is 97.2 cm³/mol. The fourth-order valence-electron chi connectivity index (χ4n) is 2.43. The van der Waals surface area contributed by atoms with E-state index < -0.39 is 0 Å². The molecule has 1 heterocycles. The summed E-state index contributed by atoms with van der Waals surface area (Å²) in [6.45, 7) is 8.08. The summed E-state index contributed by atoms with van der Waals surface area (Å²) in [5.74, 6) is 0.838. The number of nitrogens with two attached hydrogens (primary N) is 1. The maximum Gasteiger partial charge on any atom is 0.257 e. The Morgan fingerprint density at radius 3 is 2.39 bits per heavy atom. The van der Waals surface area contributed by atoms with Gasteiger partial charge in [-0.2, -0.15) is 0 Å². The van der Waals surface area contributed by atoms with E-state index in [1.165, 1.54) is 11.3 Å². The number of nitrogen functional groups attached to an aromatic ring is 1. The van der Waals surface area contributed by atoms with Gasteiger partial charge in [-0.1, -0.05) is 19.1 Å². The molecule has 0 unspecified atom stereocenters. The second-order valence-electron chi connectivity index (χ2n) is 5.24. The van der Waals surface area contributed by atoms with Crippen LogP contribution in [0.3, 0.4) is 0 Å². The van der Waals surface area contributed by atoms with Gasteiger partial charge < -0.3 is 15.4 Å². The molecule has 5 heteroatoms. The normalized spacial score (nSPS) is 10.6. The average molecular weight is 332 g/mol. The number of rotatable bonds is 7. The molecule has 0 aliphatic carbocycles. The number of amides is 1. The van der Waals surface area contributed by atoms with Crippen molar-refractivity contribution >= 4 is 22.2 Å². The molecule has 0 bridgehead atoms. The number of hydrogen-bond donors (Lipinski definition) is 1. The molecule has 1 aromatic heterocycles. The molecule has 4 nitrogen and oxygen atoms in total. The van der Waals surface area contributed by atoms with Crippen LogP contribution in [-0.2, 0) is 0 Å². The lowest BCUT2D eigenvalue weighted by Crippen LogP contribution is -2.31. The number of thiophene rings is 1. The molecule has 0 fully saturated rings. The van der Waals surface area contributed by atoms with Crippen molar-refractivity contribution < 1.29 is 9.53 Å². The number of carbonyl (C=O) groups is 1. The summed E-state index contributed by atoms with van der Waals surface area (Å²) in [6, 6.07) is 7.83. The van der Waals surface area contributed by atoms with Gasteiger partial charge in [-0.25, -0.2) is 0 Å². The SMILES string of the molecule is CCCOc1ccc(-c2csc(N)c2C(=O)N(CC)CC)cc1. The minimum absolute atomic E-state index is 0.00457. The first-order chi connectivity index (χ1) is 11.1. The van der Waals surface area contributed by atoms with Crippen LogP contribution in [0.15, 0.2) is 29.6 Å². The van der Waals surface area contributed by atoms with E-state index in [1.807, 2.05) is 43.5 Å². The highest BCUT2D eigenvalue weighted by Gasteiger charge is 2.22. The zero-order valence-corrected chi connectivity index (χ0v) is 14.8. The molecule has 0 aliphatic heterocycles. The number of anilines is 1. The third-order valence-electron chi connectivity index (χ3n) is 3.72. The number of carbonyl (C=O) groups excluding carboxylic acids is 1. The Kier molecular flexibility index (Phi) is 6.04. The Bertz CT molecular complexity index is 646. The van der Waals surface area contributed by atoms with Crippen LogP contribution in [0.5, 0.6) is 5.75 Å². The minimum Gasteiger partial charge on any atom is -0.494 e. The van der Waals surface area contributed by atoms with Gasteiger partial charge in [0.2, 0.25) is 0 Å². The third-order valence-corrected chi connectivity index (χ3v) is 4.53. The van der Waals surface area contributed by atoms with Gasteiger partial charge in [-0.15, -0.1) is 11.3 Å². The maximum absolute atomic E-state index is 12.7. The van der Waals surface area contributed by atoms with Crippen molar-refractivity contribution in [2.24, 2.45) is 0 Å². The van der Waals surface area contributed by atoms with E-state index in [1.54, 1.807) is 4.90 Å². The molecule has 0 saturated carbocycles. The molecule has 0 radical (unpaired) electrons. The smallest absolute Gasteiger partial charge is 0.257 e. The van der Waals surface area contributed by atoms with Gasteiger partial charge >= 0.3 is 0 Å². The summed E-state index contributed by atoms with van der Waals surface area (Å²) in [5.41, 5.74) is 8.56. The predicted octanol–water partition coefficient (Wildman–Crippen LogP) is 4.27. The van der Waals surface area contributed by atoms with Crippen LogP contribution in [0.1, 0.15) is 37.6 Å². The molecule has 1 amide bonds. The molecule has 1 aromatic carbocycles. The van der Waals surface area contributed by atoms with Crippen LogP contribution in [-0.4, -0.2) is 30.5 Å². The molecule has 2 rings (SSSR count). The molecule has 2 aromatic rings. The van der Waals surface area contributed by atoms with Gasteiger partial charge in [-0.05, 0) is 38.0 Å². The Balaban J connectivity index is 2.32. The van der Waals surface area contributed by atoms with Gasteiger partial charge in [0.25, 0.3) is 5.91 Å². The summed E-state index contributed by atoms with van der Waals surface area (Å²) >= 11 is 1.41. The Labute approximate surface area is 141 Å². The van der Waals surface area contributed by atoms with E-state index in [-0.39, 0.29) is 5.91 Å². The lowest BCUT2D eigenvalue weighted by Gasteiger charge is -2.19. The van der Waals surface area contributed by atoms with E-state index in [4.69, 9.17) is 10.5 Å². The first-order valence-electron chi connectivity index (χ1n) is 8.01. The van der Waals surface area contributed by atoms with Gasteiger partial charge in [0.1, 0.15) is 5.75 Å². The first-order valence-corrected chi connectivity index (χ1v) is 8.89. The van der Waals surface area contributed by atoms with Crippen molar-refractivity contribution in [1.82, 2.24) is 4.90 Å². The second-order valence-corrected chi connectivity index (χ2v) is 6.15. The van der Waals surface area contributed by atoms with Crippen LogP contribution >= 0.6 is 11.3 Å². The molecule has 0 saturated heterocycles. The van der Waals surface area contributed by atoms with E-state index in [0.717, 1.165) is 23.3 Å². The zero-order valence-electron chi connectivity index (χ0n) is 14.0. The molecular weight excluding hydrogens is 308 g/mol. The third kappa shape index (κ3) is 3.85. The topological polar surface area (TPSA) is 55.6 Å². The Hall–Kier alpha value is -2.01. The van der Waals surface area contributed by atoms with Gasteiger partial charge in [0.15, 0.2) is 0 Å². The van der Waals surface area contributed by atoms with Crippen LogP contribution in [0, 0.1) is 0 Å². The summed E-state index contributed by atoms with van der Waals surface area (Å²) in [5, 5.41) is 2.52. The van der Waals surface area contributed by atoms with Gasteiger partial charge in [0, 0.05) is 24.0 Å². The minimum atomic E-state index is -0.00457. The summed E-state index contributed by atoms with van der Waals surface area (Å²) < 4.78 is 5.60. The molecule has 124 valence electrons. The summed E-state index contributed by atoms with van der Waals surface area (Å²) in [7, 11) is 0. The second kappa shape index (κ2) is 8.02. The summed E-state index contributed by atoms with van der Waals surface area (Å²) in [4.78, 5) is 14.5. The zero-order chi connectivity index (χ0) is 16.8. The van der Waals surface area contributed by atoms with E-state index in [0.29, 0.717) is 30.3 Å². The van der Waals surface area contributed by atoms with E-state index in [9.17, 15) is 4.79 Å². The fraction of sp³-hybridized carbons (Fsp3) is 0.389. The monoisotopic (exact) mass is 332 g/mol. The van der Waals surface area contributed by atoms with Crippen molar-refractivity contribution in [3.63, 3.8) is 0 Å². The van der Waals surface area contributed by atoms with Crippen molar-refractivity contribution in [1.29, 1.82) is 0 Å². The lowest BCUT2D eigenvalue weighted by atomic mass is 10.0. The fourth-order valence-corrected chi connectivity index (χ4v) is 3.24. The number of benzene rings is 1. The van der Waals surface area contributed by atoms with Crippen molar-refractivity contribution in [3.8, 4) is 16.9 Å². The van der Waals surface area contributed by atoms with E-state index >= 15 is 0 Å². The highest BCUT2D eigenvalue weighted by atomic mass is 32.1. The molecule has 23 heavy (non-hydrogen) atoms. The van der Waals surface area contributed by atoms with Crippen molar-refractivity contribution in [3.05, 3.63) is 35.2 Å². The van der Waals surface area contributed by atoms with E-state index in [2.05, 4.69) is 6.92 Å². The number of ether oxygens (including phenoxy) is 1. The Morgan fingerprint density at radius 2 is 1.83 bits per heavy atom. The Morgan fingerprint density at radius 1 is 1.17 bits per heavy atom. The molecule has 0 spiro atoms.